The summed E-state index contributed by atoms with van der Waals surface area (Å²) in [4.78, 5) is 13.1. The first-order valence-corrected chi connectivity index (χ1v) is 16.4. The fraction of sp³-hybridized carbons (Fsp3) is 0.161. The number of aldehydes is 1. The third-order valence-corrected chi connectivity index (χ3v) is 9.62. The maximum Gasteiger partial charge on any atom is 0.245 e. The van der Waals surface area contributed by atoms with Gasteiger partial charge in [-0.3, -0.25) is 4.79 Å². The fourth-order valence-corrected chi connectivity index (χ4v) is 7.63. The minimum absolute atomic E-state index is 0.0450. The zero-order valence-electron chi connectivity index (χ0n) is 23.3. The molecule has 216 valence electrons. The highest BCUT2D eigenvalue weighted by Gasteiger charge is 2.30. The van der Waals surface area contributed by atoms with Gasteiger partial charge in [0.15, 0.2) is 0 Å². The molecule has 4 aromatic rings. The number of hydrogen-bond donors (Lipinski definition) is 0. The van der Waals surface area contributed by atoms with Crippen LogP contribution in [0.2, 0.25) is 0 Å². The van der Waals surface area contributed by atoms with Crippen LogP contribution in [-0.2, 0) is 33.1 Å². The molecule has 0 spiro atoms. The molecule has 0 radical (unpaired) electrons. The van der Waals surface area contributed by atoms with Crippen molar-refractivity contribution in [1.29, 1.82) is 5.26 Å². The topological polar surface area (TPSA) is 125 Å². The number of benzene rings is 4. The van der Waals surface area contributed by atoms with E-state index in [0.29, 0.717) is 50.7 Å². The molecule has 0 unspecified atom stereocenters. The second kappa shape index (κ2) is 12.5. The van der Waals surface area contributed by atoms with Crippen LogP contribution in [-0.4, -0.2) is 35.6 Å². The third kappa shape index (κ3) is 7.34. The maximum absolute atomic E-state index is 12.5. The van der Waals surface area contributed by atoms with E-state index in [-0.39, 0.29) is 5.69 Å². The van der Waals surface area contributed by atoms with Gasteiger partial charge in [-0.05, 0) is 72.1 Å². The van der Waals surface area contributed by atoms with Crippen LogP contribution < -0.4 is 13.3 Å². The SMILES string of the molecule is Cc1c(N(Cc2ccc(C#N)cc2)Cc2ccc(Oc3cccc(C=O)c3)cc2)cccc1N(S(C)(=O)=O)S(C)(=O)=O. The summed E-state index contributed by atoms with van der Waals surface area (Å²) < 4.78 is 56.5. The molecule has 9 nitrogen and oxygen atoms in total. The molecular weight excluding hydrogens is 574 g/mol. The lowest BCUT2D eigenvalue weighted by atomic mass is 10.1. The Hall–Kier alpha value is -4.66. The first kappa shape index (κ1) is 30.3. The molecule has 0 N–H and O–H groups in total. The normalized spacial score (nSPS) is 11.4. The maximum atomic E-state index is 12.5. The minimum atomic E-state index is -4.14. The van der Waals surface area contributed by atoms with Crippen LogP contribution in [0.4, 0.5) is 11.4 Å². The molecule has 0 saturated heterocycles. The second-order valence-electron chi connectivity index (χ2n) is 9.75. The number of rotatable bonds is 11. The van der Waals surface area contributed by atoms with Crippen molar-refractivity contribution in [1.82, 2.24) is 0 Å². The Morgan fingerprint density at radius 2 is 1.31 bits per heavy atom. The summed E-state index contributed by atoms with van der Waals surface area (Å²) in [6, 6.07) is 28.3. The van der Waals surface area contributed by atoms with E-state index in [9.17, 15) is 26.9 Å². The van der Waals surface area contributed by atoms with Crippen LogP contribution in [0.3, 0.4) is 0 Å². The number of ether oxygens (including phenoxy) is 1. The van der Waals surface area contributed by atoms with Gasteiger partial charge in [0.25, 0.3) is 0 Å². The molecule has 0 saturated carbocycles. The zero-order chi connectivity index (χ0) is 30.5. The largest absolute Gasteiger partial charge is 0.457 e. The van der Waals surface area contributed by atoms with Gasteiger partial charge in [0.1, 0.15) is 17.8 Å². The number of nitriles is 1. The monoisotopic (exact) mass is 603 g/mol. The number of nitrogens with zero attached hydrogens (tertiary/aromatic N) is 3. The molecule has 11 heteroatoms. The average Bonchev–Trinajstić information content (AvgIpc) is 2.94. The molecule has 0 aliphatic carbocycles. The molecular formula is C31H29N3O6S2. The number of anilines is 2. The Morgan fingerprint density at radius 3 is 1.86 bits per heavy atom. The summed E-state index contributed by atoms with van der Waals surface area (Å²) in [6.07, 6.45) is 2.46. The second-order valence-corrected chi connectivity index (χ2v) is 13.6. The predicted molar refractivity (Wildman–Crippen MR) is 163 cm³/mol. The first-order chi connectivity index (χ1) is 19.9. The van der Waals surface area contributed by atoms with E-state index < -0.39 is 20.0 Å². The van der Waals surface area contributed by atoms with Crippen LogP contribution >= 0.6 is 0 Å². The molecule has 4 aromatic carbocycles. The lowest BCUT2D eigenvalue weighted by Gasteiger charge is -2.30. The van der Waals surface area contributed by atoms with Crippen molar-refractivity contribution < 1.29 is 26.4 Å². The van der Waals surface area contributed by atoms with Gasteiger partial charge in [0.05, 0.1) is 29.8 Å². The zero-order valence-corrected chi connectivity index (χ0v) is 24.9. The van der Waals surface area contributed by atoms with Gasteiger partial charge >= 0.3 is 0 Å². The van der Waals surface area contributed by atoms with E-state index in [0.717, 1.165) is 29.9 Å². The average molecular weight is 604 g/mol. The summed E-state index contributed by atoms with van der Waals surface area (Å²) in [6.45, 7) is 2.47. The molecule has 0 bridgehead atoms. The highest BCUT2D eigenvalue weighted by molar-refractivity contribution is 8.09. The first-order valence-electron chi connectivity index (χ1n) is 12.7. The molecule has 0 amide bonds. The Kier molecular flexibility index (Phi) is 8.99. The Bertz CT molecular complexity index is 1820. The van der Waals surface area contributed by atoms with Gasteiger partial charge in [0.2, 0.25) is 20.0 Å². The molecule has 0 aliphatic rings. The van der Waals surface area contributed by atoms with Crippen molar-refractivity contribution in [2.24, 2.45) is 0 Å². The van der Waals surface area contributed by atoms with Crippen molar-refractivity contribution in [3.8, 4) is 17.6 Å². The van der Waals surface area contributed by atoms with Crippen molar-refractivity contribution in [2.75, 3.05) is 21.1 Å². The van der Waals surface area contributed by atoms with E-state index in [1.165, 1.54) is 6.07 Å². The Labute approximate surface area is 246 Å². The van der Waals surface area contributed by atoms with Crippen LogP contribution in [0.5, 0.6) is 11.5 Å². The summed E-state index contributed by atoms with van der Waals surface area (Å²) in [5, 5.41) is 9.19. The Morgan fingerprint density at radius 1 is 0.762 bits per heavy atom. The number of carbonyl (C=O) groups excluding carboxylic acids is 1. The number of hydrogen-bond acceptors (Lipinski definition) is 8. The van der Waals surface area contributed by atoms with Crippen LogP contribution in [0, 0.1) is 18.3 Å². The van der Waals surface area contributed by atoms with Crippen LogP contribution in [0.1, 0.15) is 32.6 Å². The van der Waals surface area contributed by atoms with Gasteiger partial charge in [-0.1, -0.05) is 42.5 Å². The molecule has 0 atom stereocenters. The number of carbonyl (C=O) groups is 1. The highest BCUT2D eigenvalue weighted by atomic mass is 32.3. The minimum Gasteiger partial charge on any atom is -0.457 e. The molecule has 0 fully saturated rings. The number of sulfonamides is 2. The van der Waals surface area contributed by atoms with Crippen molar-refractivity contribution in [3.05, 3.63) is 119 Å². The smallest absolute Gasteiger partial charge is 0.245 e. The standard InChI is InChI=1S/C31H29N3O6S2/c1-23-30(8-5-9-31(23)34(41(2,36)37)42(3,38)39)33(20-25-12-10-24(19-32)11-13-25)21-26-14-16-28(17-15-26)40-29-7-4-6-27(18-29)22-35/h4-18,22H,20-21H2,1-3H3. The van der Waals surface area contributed by atoms with Crippen LogP contribution in [0.25, 0.3) is 0 Å². The van der Waals surface area contributed by atoms with Gasteiger partial charge in [-0.2, -0.15) is 8.97 Å². The highest BCUT2D eigenvalue weighted by Crippen LogP contribution is 2.34. The quantitative estimate of drug-likeness (QED) is 0.209. The van der Waals surface area contributed by atoms with Gasteiger partial charge in [-0.15, -0.1) is 0 Å². The summed E-state index contributed by atoms with van der Waals surface area (Å²) >= 11 is 0. The van der Waals surface area contributed by atoms with Gasteiger partial charge < -0.3 is 9.64 Å². The predicted octanol–water partition coefficient (Wildman–Crippen LogP) is 5.40. The van der Waals surface area contributed by atoms with Crippen LogP contribution in [0.15, 0.2) is 91.0 Å². The molecule has 0 aromatic heterocycles. The lowest BCUT2D eigenvalue weighted by Crippen LogP contribution is -2.36. The molecule has 42 heavy (non-hydrogen) atoms. The molecule has 0 heterocycles. The summed E-state index contributed by atoms with van der Waals surface area (Å²) in [5.74, 6) is 1.11. The third-order valence-electron chi connectivity index (χ3n) is 6.40. The van der Waals surface area contributed by atoms with E-state index >= 15 is 0 Å². The lowest BCUT2D eigenvalue weighted by molar-refractivity contribution is 0.112. The van der Waals surface area contributed by atoms with Crippen molar-refractivity contribution in [3.63, 3.8) is 0 Å². The Balaban J connectivity index is 1.70. The van der Waals surface area contributed by atoms with E-state index in [4.69, 9.17) is 4.74 Å². The van der Waals surface area contributed by atoms with E-state index in [1.807, 2.05) is 35.2 Å². The summed E-state index contributed by atoms with van der Waals surface area (Å²) in [7, 11) is -8.28. The van der Waals surface area contributed by atoms with Gasteiger partial charge in [-0.25, -0.2) is 16.8 Å². The van der Waals surface area contributed by atoms with E-state index in [1.54, 1.807) is 61.5 Å². The van der Waals surface area contributed by atoms with Crippen molar-refractivity contribution >= 4 is 37.7 Å². The van der Waals surface area contributed by atoms with E-state index in [2.05, 4.69) is 6.07 Å². The fourth-order valence-electron chi connectivity index (χ4n) is 4.56. The van der Waals surface area contributed by atoms with Crippen molar-refractivity contribution in [2.45, 2.75) is 20.0 Å². The molecule has 0 aliphatic heterocycles. The van der Waals surface area contributed by atoms with Gasteiger partial charge in [0, 0.05) is 24.3 Å². The molecule has 4 rings (SSSR count). The summed E-state index contributed by atoms with van der Waals surface area (Å²) in [5.41, 5.74) is 3.99.